The van der Waals surface area contributed by atoms with Gasteiger partial charge in [-0.3, -0.25) is 9.69 Å². The summed E-state index contributed by atoms with van der Waals surface area (Å²) < 4.78 is 5.52. The van der Waals surface area contributed by atoms with E-state index in [4.69, 9.17) is 9.72 Å². The fourth-order valence-electron chi connectivity index (χ4n) is 3.78. The Morgan fingerprint density at radius 1 is 1.08 bits per heavy atom. The van der Waals surface area contributed by atoms with E-state index < -0.39 is 0 Å². The summed E-state index contributed by atoms with van der Waals surface area (Å²) in [7, 11) is 0. The van der Waals surface area contributed by atoms with E-state index in [9.17, 15) is 4.79 Å². The number of para-hydroxylation sites is 1. The second kappa shape index (κ2) is 7.60. The molecule has 0 bridgehead atoms. The number of morpholine rings is 1. The molecule has 1 aromatic carbocycles. The first-order valence-electron chi connectivity index (χ1n) is 9.40. The average molecular weight is 354 g/mol. The van der Waals surface area contributed by atoms with Crippen LogP contribution in [0.25, 0.3) is 10.9 Å². The number of rotatable bonds is 3. The number of amides is 1. The Hall–Kier alpha value is -2.18. The van der Waals surface area contributed by atoms with E-state index in [1.807, 2.05) is 11.0 Å². The van der Waals surface area contributed by atoms with Crippen molar-refractivity contribution in [1.29, 1.82) is 0 Å². The van der Waals surface area contributed by atoms with Crippen LogP contribution in [0.2, 0.25) is 0 Å². The summed E-state index contributed by atoms with van der Waals surface area (Å²) in [6.07, 6.45) is 0. The Labute approximate surface area is 154 Å². The van der Waals surface area contributed by atoms with Crippen LogP contribution in [0, 0.1) is 0 Å². The SMILES string of the molecule is CC(=O)N1CCN(Cc2cc3ccccc3nc2N2CCOCC2)CC1. The Bertz CT molecular complexity index is 780. The van der Waals surface area contributed by atoms with Gasteiger partial charge >= 0.3 is 0 Å². The van der Waals surface area contributed by atoms with Crippen molar-refractivity contribution in [2.75, 3.05) is 57.4 Å². The zero-order chi connectivity index (χ0) is 17.9. The average Bonchev–Trinajstić information content (AvgIpc) is 2.68. The largest absolute Gasteiger partial charge is 0.378 e. The number of ether oxygens (including phenoxy) is 1. The van der Waals surface area contributed by atoms with Gasteiger partial charge in [0.25, 0.3) is 0 Å². The molecule has 6 nitrogen and oxygen atoms in total. The molecular weight excluding hydrogens is 328 g/mol. The number of fused-ring (bicyclic) bond motifs is 1. The molecular formula is C20H26N4O2. The third-order valence-corrected chi connectivity index (χ3v) is 5.30. The van der Waals surface area contributed by atoms with Crippen LogP contribution in [0.4, 0.5) is 5.82 Å². The van der Waals surface area contributed by atoms with Crippen LogP contribution in [-0.4, -0.2) is 73.2 Å². The van der Waals surface area contributed by atoms with Crippen molar-refractivity contribution in [3.63, 3.8) is 0 Å². The summed E-state index contributed by atoms with van der Waals surface area (Å²) in [6, 6.07) is 10.6. The van der Waals surface area contributed by atoms with Crippen LogP contribution in [0.1, 0.15) is 12.5 Å². The van der Waals surface area contributed by atoms with Crippen molar-refractivity contribution >= 4 is 22.6 Å². The summed E-state index contributed by atoms with van der Waals surface area (Å²) in [4.78, 5) is 23.2. The van der Waals surface area contributed by atoms with Gasteiger partial charge in [-0.25, -0.2) is 4.98 Å². The zero-order valence-electron chi connectivity index (χ0n) is 15.4. The quantitative estimate of drug-likeness (QED) is 0.840. The number of aromatic nitrogens is 1. The Kier molecular flexibility index (Phi) is 5.04. The third kappa shape index (κ3) is 3.66. The fourth-order valence-corrected chi connectivity index (χ4v) is 3.78. The van der Waals surface area contributed by atoms with Crippen molar-refractivity contribution in [1.82, 2.24) is 14.8 Å². The molecule has 0 atom stereocenters. The van der Waals surface area contributed by atoms with Gasteiger partial charge in [0.1, 0.15) is 5.82 Å². The van der Waals surface area contributed by atoms with Gasteiger partial charge in [0, 0.05) is 63.7 Å². The summed E-state index contributed by atoms with van der Waals surface area (Å²) in [5.41, 5.74) is 2.31. The monoisotopic (exact) mass is 354 g/mol. The number of anilines is 1. The predicted octanol–water partition coefficient (Wildman–Crippen LogP) is 1.74. The third-order valence-electron chi connectivity index (χ3n) is 5.30. The minimum absolute atomic E-state index is 0.172. The maximum absolute atomic E-state index is 11.5. The molecule has 3 heterocycles. The maximum atomic E-state index is 11.5. The predicted molar refractivity (Wildman–Crippen MR) is 102 cm³/mol. The lowest BCUT2D eigenvalue weighted by atomic mass is 10.1. The van der Waals surface area contributed by atoms with E-state index in [0.29, 0.717) is 0 Å². The molecule has 2 fully saturated rings. The highest BCUT2D eigenvalue weighted by Gasteiger charge is 2.22. The van der Waals surface area contributed by atoms with Gasteiger partial charge in [-0.2, -0.15) is 0 Å². The second-order valence-corrected chi connectivity index (χ2v) is 7.05. The Balaban J connectivity index is 1.59. The molecule has 0 unspecified atom stereocenters. The molecule has 0 spiro atoms. The number of piperazine rings is 1. The molecule has 2 aromatic rings. The van der Waals surface area contributed by atoms with E-state index in [2.05, 4.69) is 34.1 Å². The molecule has 0 aliphatic carbocycles. The topological polar surface area (TPSA) is 48.9 Å². The minimum atomic E-state index is 0.172. The first-order valence-corrected chi connectivity index (χ1v) is 9.40. The minimum Gasteiger partial charge on any atom is -0.378 e. The van der Waals surface area contributed by atoms with Crippen molar-refractivity contribution in [3.05, 3.63) is 35.9 Å². The molecule has 2 aliphatic heterocycles. The highest BCUT2D eigenvalue weighted by Crippen LogP contribution is 2.26. The van der Waals surface area contributed by atoms with Crippen LogP contribution in [0.3, 0.4) is 0 Å². The first-order chi connectivity index (χ1) is 12.7. The van der Waals surface area contributed by atoms with E-state index in [0.717, 1.165) is 70.4 Å². The van der Waals surface area contributed by atoms with E-state index in [1.165, 1.54) is 10.9 Å². The van der Waals surface area contributed by atoms with Crippen molar-refractivity contribution < 1.29 is 9.53 Å². The van der Waals surface area contributed by atoms with Crippen LogP contribution in [-0.2, 0) is 16.1 Å². The number of carbonyl (C=O) groups is 1. The van der Waals surface area contributed by atoms with Crippen LogP contribution < -0.4 is 4.90 Å². The number of hydrogen-bond acceptors (Lipinski definition) is 5. The van der Waals surface area contributed by atoms with Crippen molar-refractivity contribution in [2.24, 2.45) is 0 Å². The summed E-state index contributed by atoms with van der Waals surface area (Å²) in [5, 5.41) is 1.18. The molecule has 0 N–H and O–H groups in total. The standard InChI is InChI=1S/C20H26N4O2/c1-16(25)23-8-6-22(7-9-23)15-18-14-17-4-2-3-5-19(17)21-20(18)24-10-12-26-13-11-24/h2-5,14H,6-13,15H2,1H3. The maximum Gasteiger partial charge on any atom is 0.219 e. The molecule has 1 aromatic heterocycles. The lowest BCUT2D eigenvalue weighted by molar-refractivity contribution is -0.130. The molecule has 1 amide bonds. The van der Waals surface area contributed by atoms with Gasteiger partial charge in [0.15, 0.2) is 0 Å². The molecule has 6 heteroatoms. The Morgan fingerprint density at radius 3 is 2.54 bits per heavy atom. The van der Waals surface area contributed by atoms with Gasteiger partial charge in [-0.1, -0.05) is 18.2 Å². The lowest BCUT2D eigenvalue weighted by Gasteiger charge is -2.35. The van der Waals surface area contributed by atoms with Crippen LogP contribution in [0.5, 0.6) is 0 Å². The summed E-state index contributed by atoms with van der Waals surface area (Å²) in [6.45, 7) is 9.25. The molecule has 2 saturated heterocycles. The Morgan fingerprint density at radius 2 is 1.81 bits per heavy atom. The van der Waals surface area contributed by atoms with Gasteiger partial charge in [-0.05, 0) is 12.1 Å². The van der Waals surface area contributed by atoms with Crippen LogP contribution in [0.15, 0.2) is 30.3 Å². The summed E-state index contributed by atoms with van der Waals surface area (Å²) in [5.74, 6) is 1.26. The van der Waals surface area contributed by atoms with Crippen molar-refractivity contribution in [3.8, 4) is 0 Å². The molecule has 138 valence electrons. The van der Waals surface area contributed by atoms with Gasteiger partial charge in [0.2, 0.25) is 5.91 Å². The first kappa shape index (κ1) is 17.2. The number of carbonyl (C=O) groups excluding carboxylic acids is 1. The highest BCUT2D eigenvalue weighted by molar-refractivity contribution is 5.82. The smallest absolute Gasteiger partial charge is 0.219 e. The molecule has 0 saturated carbocycles. The number of benzene rings is 1. The fraction of sp³-hybridized carbons (Fsp3) is 0.500. The molecule has 2 aliphatic rings. The molecule has 26 heavy (non-hydrogen) atoms. The lowest BCUT2D eigenvalue weighted by Crippen LogP contribution is -2.47. The van der Waals surface area contributed by atoms with E-state index >= 15 is 0 Å². The molecule has 0 radical (unpaired) electrons. The summed E-state index contributed by atoms with van der Waals surface area (Å²) >= 11 is 0. The normalized spacial score (nSPS) is 19.1. The van der Waals surface area contributed by atoms with Crippen molar-refractivity contribution in [2.45, 2.75) is 13.5 Å². The second-order valence-electron chi connectivity index (χ2n) is 7.05. The number of pyridine rings is 1. The highest BCUT2D eigenvalue weighted by atomic mass is 16.5. The van der Waals surface area contributed by atoms with E-state index in [1.54, 1.807) is 6.92 Å². The molecule has 4 rings (SSSR count). The van der Waals surface area contributed by atoms with E-state index in [-0.39, 0.29) is 5.91 Å². The van der Waals surface area contributed by atoms with Gasteiger partial charge < -0.3 is 14.5 Å². The van der Waals surface area contributed by atoms with Gasteiger partial charge in [-0.15, -0.1) is 0 Å². The van der Waals surface area contributed by atoms with Crippen LogP contribution >= 0.6 is 0 Å². The van der Waals surface area contributed by atoms with Gasteiger partial charge in [0.05, 0.1) is 18.7 Å². The zero-order valence-corrected chi connectivity index (χ0v) is 15.4. The number of hydrogen-bond donors (Lipinski definition) is 0. The number of nitrogens with zero attached hydrogens (tertiary/aromatic N) is 4.